The second-order valence-electron chi connectivity index (χ2n) is 7.52. The number of carbonyl (C=O) groups excluding carboxylic acids is 1. The molecule has 33 heavy (non-hydrogen) atoms. The molecule has 0 spiro atoms. The number of rotatable bonds is 6. The van der Waals surface area contributed by atoms with E-state index in [2.05, 4.69) is 10.5 Å². The van der Waals surface area contributed by atoms with E-state index in [1.165, 1.54) is 0 Å². The number of aromatic nitrogens is 1. The maximum Gasteiger partial charge on any atom is 0.215 e. The van der Waals surface area contributed by atoms with Gasteiger partial charge in [-0.05, 0) is 47.9 Å². The SMILES string of the molecule is COc1ccc(C(=O)/C(=N\Nc2ccccc2)c2nc3ccccc3c3ccccc23)cc1. The highest BCUT2D eigenvalue weighted by Gasteiger charge is 2.22. The van der Waals surface area contributed by atoms with Crippen LogP contribution in [0.15, 0.2) is 108 Å². The molecule has 0 fully saturated rings. The number of nitrogens with one attached hydrogen (secondary N) is 1. The van der Waals surface area contributed by atoms with E-state index in [1.54, 1.807) is 31.4 Å². The molecule has 160 valence electrons. The van der Waals surface area contributed by atoms with Gasteiger partial charge >= 0.3 is 0 Å². The molecule has 0 aliphatic heterocycles. The van der Waals surface area contributed by atoms with Gasteiger partial charge in [0.05, 0.1) is 18.3 Å². The van der Waals surface area contributed by atoms with Crippen molar-refractivity contribution in [3.63, 3.8) is 0 Å². The number of fused-ring (bicyclic) bond motifs is 3. The molecule has 0 aliphatic carbocycles. The molecular formula is C28H21N3O2. The van der Waals surface area contributed by atoms with Crippen molar-refractivity contribution < 1.29 is 9.53 Å². The highest BCUT2D eigenvalue weighted by Crippen LogP contribution is 2.27. The zero-order chi connectivity index (χ0) is 22.6. The third-order valence-corrected chi connectivity index (χ3v) is 5.47. The molecule has 5 rings (SSSR count). The molecule has 4 aromatic carbocycles. The van der Waals surface area contributed by atoms with E-state index in [4.69, 9.17) is 9.72 Å². The lowest BCUT2D eigenvalue weighted by atomic mass is 9.98. The Labute approximate surface area is 191 Å². The van der Waals surface area contributed by atoms with E-state index in [0.717, 1.165) is 27.4 Å². The molecule has 0 saturated carbocycles. The van der Waals surface area contributed by atoms with Crippen molar-refractivity contribution in [1.29, 1.82) is 0 Å². The molecular weight excluding hydrogens is 410 g/mol. The molecule has 0 aliphatic rings. The van der Waals surface area contributed by atoms with Crippen molar-refractivity contribution >= 4 is 38.9 Å². The molecule has 0 unspecified atom stereocenters. The van der Waals surface area contributed by atoms with E-state index < -0.39 is 0 Å². The Morgan fingerprint density at radius 1 is 0.758 bits per heavy atom. The van der Waals surface area contributed by atoms with E-state index in [9.17, 15) is 4.79 Å². The number of hydrogen-bond donors (Lipinski definition) is 1. The van der Waals surface area contributed by atoms with Gasteiger partial charge in [-0.2, -0.15) is 5.10 Å². The number of hydrazone groups is 1. The van der Waals surface area contributed by atoms with E-state index in [0.29, 0.717) is 17.0 Å². The first-order valence-electron chi connectivity index (χ1n) is 10.6. The Bertz CT molecular complexity index is 1480. The van der Waals surface area contributed by atoms with Crippen LogP contribution in [0.2, 0.25) is 0 Å². The molecule has 5 nitrogen and oxygen atoms in total. The summed E-state index contributed by atoms with van der Waals surface area (Å²) in [5, 5.41) is 7.48. The van der Waals surface area contributed by atoms with Crippen molar-refractivity contribution in [2.24, 2.45) is 5.10 Å². The molecule has 0 saturated heterocycles. The first kappa shape index (κ1) is 20.4. The van der Waals surface area contributed by atoms with Gasteiger partial charge in [-0.15, -0.1) is 0 Å². The number of ketones is 1. The highest BCUT2D eigenvalue weighted by atomic mass is 16.5. The maximum absolute atomic E-state index is 13.7. The average Bonchev–Trinajstić information content (AvgIpc) is 2.89. The average molecular weight is 431 g/mol. The van der Waals surface area contributed by atoms with Crippen molar-refractivity contribution in [2.45, 2.75) is 0 Å². The van der Waals surface area contributed by atoms with Crippen molar-refractivity contribution in [3.05, 3.63) is 114 Å². The number of para-hydroxylation sites is 2. The number of pyridine rings is 1. The second-order valence-corrected chi connectivity index (χ2v) is 7.52. The van der Waals surface area contributed by atoms with Crippen molar-refractivity contribution in [1.82, 2.24) is 4.98 Å². The molecule has 0 atom stereocenters. The van der Waals surface area contributed by atoms with Gasteiger partial charge in [0.1, 0.15) is 11.4 Å². The van der Waals surface area contributed by atoms with E-state index in [1.807, 2.05) is 78.9 Å². The monoisotopic (exact) mass is 431 g/mol. The topological polar surface area (TPSA) is 63.6 Å². The van der Waals surface area contributed by atoms with Crippen LogP contribution in [0, 0.1) is 0 Å². The molecule has 0 amide bonds. The first-order chi connectivity index (χ1) is 16.2. The van der Waals surface area contributed by atoms with Gasteiger partial charge in [0.2, 0.25) is 5.78 Å². The van der Waals surface area contributed by atoms with Gasteiger partial charge in [0.25, 0.3) is 0 Å². The number of hydrogen-bond acceptors (Lipinski definition) is 5. The molecule has 1 aromatic heterocycles. The number of Topliss-reactive ketones (excluding diaryl/α,β-unsaturated/α-hetero) is 1. The van der Waals surface area contributed by atoms with Gasteiger partial charge < -0.3 is 4.74 Å². The molecule has 1 N–H and O–H groups in total. The summed E-state index contributed by atoms with van der Waals surface area (Å²) in [7, 11) is 1.60. The summed E-state index contributed by atoms with van der Waals surface area (Å²) in [6.07, 6.45) is 0. The minimum atomic E-state index is -0.228. The number of anilines is 1. The van der Waals surface area contributed by atoms with Crippen LogP contribution in [0.3, 0.4) is 0 Å². The third-order valence-electron chi connectivity index (χ3n) is 5.47. The summed E-state index contributed by atoms with van der Waals surface area (Å²) < 4.78 is 5.24. The molecule has 1 heterocycles. The minimum Gasteiger partial charge on any atom is -0.497 e. The van der Waals surface area contributed by atoms with Gasteiger partial charge in [-0.3, -0.25) is 10.2 Å². The number of nitrogens with zero attached hydrogens (tertiary/aromatic N) is 2. The maximum atomic E-state index is 13.7. The predicted octanol–water partition coefficient (Wildman–Crippen LogP) is 6.10. The summed E-state index contributed by atoms with van der Waals surface area (Å²) in [5.74, 6) is 0.454. The number of carbonyl (C=O) groups is 1. The van der Waals surface area contributed by atoms with E-state index >= 15 is 0 Å². The number of methoxy groups -OCH3 is 1. The lowest BCUT2D eigenvalue weighted by molar-refractivity contribution is 0.106. The fourth-order valence-electron chi connectivity index (χ4n) is 3.81. The Balaban J connectivity index is 1.71. The lowest BCUT2D eigenvalue weighted by Gasteiger charge is -2.12. The minimum absolute atomic E-state index is 0.228. The quantitative estimate of drug-likeness (QED) is 0.153. The van der Waals surface area contributed by atoms with Crippen LogP contribution in [-0.4, -0.2) is 23.6 Å². The van der Waals surface area contributed by atoms with Crippen LogP contribution in [0.1, 0.15) is 16.1 Å². The van der Waals surface area contributed by atoms with Crippen LogP contribution < -0.4 is 10.2 Å². The standard InChI is InChI=1S/C28H21N3O2/c1-33-21-17-15-19(16-18-21)28(32)27(31-30-20-9-3-2-4-10-20)26-24-13-6-5-11-22(24)23-12-7-8-14-25(23)29-26/h2-18,30H,1H3/b31-27-. The van der Waals surface area contributed by atoms with Gasteiger partial charge in [-0.25, -0.2) is 4.98 Å². The summed E-state index contributed by atoms with van der Waals surface area (Å²) in [5.41, 5.74) is 5.90. The smallest absolute Gasteiger partial charge is 0.215 e. The summed E-state index contributed by atoms with van der Waals surface area (Å²) in [6, 6.07) is 32.4. The fourth-order valence-corrected chi connectivity index (χ4v) is 3.81. The van der Waals surface area contributed by atoms with Crippen molar-refractivity contribution in [2.75, 3.05) is 12.5 Å². The zero-order valence-corrected chi connectivity index (χ0v) is 18.0. The Morgan fingerprint density at radius 2 is 1.39 bits per heavy atom. The fraction of sp³-hybridized carbons (Fsp3) is 0.0357. The normalized spacial score (nSPS) is 11.5. The van der Waals surface area contributed by atoms with Gasteiger partial charge in [-0.1, -0.05) is 60.7 Å². The number of benzene rings is 4. The zero-order valence-electron chi connectivity index (χ0n) is 18.0. The molecule has 0 radical (unpaired) electrons. The van der Waals surface area contributed by atoms with Crippen LogP contribution in [-0.2, 0) is 0 Å². The molecule has 0 bridgehead atoms. The first-order valence-corrected chi connectivity index (χ1v) is 10.6. The van der Waals surface area contributed by atoms with Crippen LogP contribution >= 0.6 is 0 Å². The van der Waals surface area contributed by atoms with Crippen molar-refractivity contribution in [3.8, 4) is 5.75 Å². The van der Waals surface area contributed by atoms with Crippen LogP contribution in [0.5, 0.6) is 5.75 Å². The van der Waals surface area contributed by atoms with Gasteiger partial charge in [0, 0.05) is 16.3 Å². The Hall–Kier alpha value is -4.51. The van der Waals surface area contributed by atoms with E-state index in [-0.39, 0.29) is 11.5 Å². The van der Waals surface area contributed by atoms with Gasteiger partial charge in [0.15, 0.2) is 5.71 Å². The number of ether oxygens (including phenoxy) is 1. The van der Waals surface area contributed by atoms with Crippen LogP contribution in [0.25, 0.3) is 21.7 Å². The lowest BCUT2D eigenvalue weighted by Crippen LogP contribution is -2.19. The third kappa shape index (κ3) is 4.04. The summed E-state index contributed by atoms with van der Waals surface area (Å²) in [6.45, 7) is 0. The largest absolute Gasteiger partial charge is 0.497 e. The Kier molecular flexibility index (Phi) is 5.52. The highest BCUT2D eigenvalue weighted by molar-refractivity contribution is 6.53. The Morgan fingerprint density at radius 3 is 2.12 bits per heavy atom. The molecule has 5 aromatic rings. The second kappa shape index (κ2) is 8.93. The predicted molar refractivity (Wildman–Crippen MR) is 133 cm³/mol. The molecule has 5 heteroatoms. The summed E-state index contributed by atoms with van der Waals surface area (Å²) >= 11 is 0. The summed E-state index contributed by atoms with van der Waals surface area (Å²) in [4.78, 5) is 18.6. The van der Waals surface area contributed by atoms with Crippen LogP contribution in [0.4, 0.5) is 5.69 Å².